The van der Waals surface area contributed by atoms with Gasteiger partial charge in [-0.3, -0.25) is 4.99 Å². The van der Waals surface area contributed by atoms with Gasteiger partial charge in [0.05, 0.1) is 5.54 Å². The van der Waals surface area contributed by atoms with E-state index in [0.29, 0.717) is 6.61 Å². The fourth-order valence-corrected chi connectivity index (χ4v) is 3.47. The molecule has 2 aromatic carbocycles. The van der Waals surface area contributed by atoms with E-state index in [-0.39, 0.29) is 17.7 Å². The maximum absolute atomic E-state index is 5.90. The van der Waals surface area contributed by atoms with Gasteiger partial charge in [0.15, 0.2) is 0 Å². The SMILES string of the molecule is C#CC(CCC)OCC1=NC(c2ccccc2)C(C)(c2ccccc2)N1. The van der Waals surface area contributed by atoms with Crippen molar-refractivity contribution in [1.82, 2.24) is 5.32 Å². The number of hydrogen-bond acceptors (Lipinski definition) is 3. The maximum atomic E-state index is 5.90. The molecule has 0 saturated carbocycles. The molecule has 1 aliphatic heterocycles. The van der Waals surface area contributed by atoms with Crippen LogP contribution in [0.1, 0.15) is 43.9 Å². The van der Waals surface area contributed by atoms with E-state index in [1.165, 1.54) is 11.1 Å². The Morgan fingerprint density at radius 3 is 2.42 bits per heavy atom. The molecule has 0 aromatic heterocycles. The Labute approximate surface area is 156 Å². The van der Waals surface area contributed by atoms with Crippen molar-refractivity contribution in [3.05, 3.63) is 71.8 Å². The highest BCUT2D eigenvalue weighted by molar-refractivity contribution is 5.87. The van der Waals surface area contributed by atoms with Crippen LogP contribution in [0.25, 0.3) is 0 Å². The van der Waals surface area contributed by atoms with Gasteiger partial charge in [-0.25, -0.2) is 0 Å². The van der Waals surface area contributed by atoms with Crippen LogP contribution in [0.4, 0.5) is 0 Å². The van der Waals surface area contributed by atoms with Crippen molar-refractivity contribution in [3.8, 4) is 12.3 Å². The van der Waals surface area contributed by atoms with Crippen molar-refractivity contribution < 1.29 is 4.74 Å². The minimum Gasteiger partial charge on any atom is -0.360 e. The molecule has 2 aromatic rings. The Kier molecular flexibility index (Phi) is 5.75. The second-order valence-corrected chi connectivity index (χ2v) is 6.84. The first-order valence-electron chi connectivity index (χ1n) is 9.20. The Morgan fingerprint density at radius 2 is 1.81 bits per heavy atom. The van der Waals surface area contributed by atoms with E-state index in [2.05, 4.69) is 73.6 Å². The van der Waals surface area contributed by atoms with Crippen molar-refractivity contribution in [2.45, 2.75) is 44.4 Å². The predicted molar refractivity (Wildman–Crippen MR) is 107 cm³/mol. The van der Waals surface area contributed by atoms with Crippen LogP contribution >= 0.6 is 0 Å². The van der Waals surface area contributed by atoms with E-state index in [1.54, 1.807) is 0 Å². The first-order valence-corrected chi connectivity index (χ1v) is 9.20. The topological polar surface area (TPSA) is 33.6 Å². The molecule has 0 bridgehead atoms. The molecule has 3 unspecified atom stereocenters. The van der Waals surface area contributed by atoms with Gasteiger partial charge in [-0.2, -0.15) is 0 Å². The van der Waals surface area contributed by atoms with Crippen LogP contribution in [0.2, 0.25) is 0 Å². The Morgan fingerprint density at radius 1 is 1.15 bits per heavy atom. The molecule has 3 atom stereocenters. The number of terminal acetylenes is 1. The molecule has 0 fully saturated rings. The van der Waals surface area contributed by atoms with E-state index < -0.39 is 0 Å². The van der Waals surface area contributed by atoms with Crippen LogP contribution in [0.5, 0.6) is 0 Å². The molecule has 26 heavy (non-hydrogen) atoms. The summed E-state index contributed by atoms with van der Waals surface area (Å²) in [5.74, 6) is 3.57. The van der Waals surface area contributed by atoms with Crippen molar-refractivity contribution >= 4 is 5.84 Å². The summed E-state index contributed by atoms with van der Waals surface area (Å²) in [6.45, 7) is 4.71. The number of aliphatic imine (C=N–C) groups is 1. The molecule has 1 aliphatic rings. The lowest BCUT2D eigenvalue weighted by Gasteiger charge is -2.32. The third-order valence-electron chi connectivity index (χ3n) is 4.88. The maximum Gasteiger partial charge on any atom is 0.124 e. The molecule has 134 valence electrons. The van der Waals surface area contributed by atoms with Gasteiger partial charge >= 0.3 is 0 Å². The number of nitrogens with zero attached hydrogens (tertiary/aromatic N) is 1. The number of ether oxygens (including phenoxy) is 1. The van der Waals surface area contributed by atoms with Gasteiger partial charge in [-0.05, 0) is 24.5 Å². The van der Waals surface area contributed by atoms with Crippen molar-refractivity contribution in [1.29, 1.82) is 0 Å². The number of nitrogens with one attached hydrogen (secondary N) is 1. The second-order valence-electron chi connectivity index (χ2n) is 6.84. The smallest absolute Gasteiger partial charge is 0.124 e. The monoisotopic (exact) mass is 346 g/mol. The Bertz CT molecular complexity index is 779. The molecule has 1 heterocycles. The van der Waals surface area contributed by atoms with Gasteiger partial charge < -0.3 is 10.1 Å². The summed E-state index contributed by atoms with van der Waals surface area (Å²) in [7, 11) is 0. The average Bonchev–Trinajstić information content (AvgIpc) is 3.04. The zero-order valence-corrected chi connectivity index (χ0v) is 15.5. The molecule has 3 heteroatoms. The van der Waals surface area contributed by atoms with Gasteiger partial charge in [-0.1, -0.05) is 79.9 Å². The van der Waals surface area contributed by atoms with Gasteiger partial charge in [0.1, 0.15) is 24.6 Å². The van der Waals surface area contributed by atoms with E-state index in [4.69, 9.17) is 16.2 Å². The first kappa shape index (κ1) is 18.2. The second kappa shape index (κ2) is 8.21. The van der Waals surface area contributed by atoms with Gasteiger partial charge in [0.2, 0.25) is 0 Å². The summed E-state index contributed by atoms with van der Waals surface area (Å²) in [6, 6.07) is 20.8. The number of amidine groups is 1. The Hall–Kier alpha value is -2.57. The van der Waals surface area contributed by atoms with E-state index in [0.717, 1.165) is 18.7 Å². The quantitative estimate of drug-likeness (QED) is 0.751. The highest BCUT2D eigenvalue weighted by atomic mass is 16.5. The van der Waals surface area contributed by atoms with E-state index in [1.807, 2.05) is 12.1 Å². The lowest BCUT2D eigenvalue weighted by Crippen LogP contribution is -2.43. The molecule has 0 aliphatic carbocycles. The lowest BCUT2D eigenvalue weighted by molar-refractivity contribution is 0.115. The third-order valence-corrected chi connectivity index (χ3v) is 4.88. The number of hydrogen-bond donors (Lipinski definition) is 1. The molecule has 0 spiro atoms. The molecule has 0 radical (unpaired) electrons. The fourth-order valence-electron chi connectivity index (χ4n) is 3.47. The highest BCUT2D eigenvalue weighted by Crippen LogP contribution is 2.41. The summed E-state index contributed by atoms with van der Waals surface area (Å²) >= 11 is 0. The highest BCUT2D eigenvalue weighted by Gasteiger charge is 2.42. The minimum absolute atomic E-state index is 0.0137. The van der Waals surface area contributed by atoms with Crippen LogP contribution in [0.3, 0.4) is 0 Å². The summed E-state index contributed by atoms with van der Waals surface area (Å²) in [4.78, 5) is 4.97. The first-order chi connectivity index (χ1) is 12.7. The van der Waals surface area contributed by atoms with Crippen LogP contribution in [-0.2, 0) is 10.3 Å². The van der Waals surface area contributed by atoms with Gasteiger partial charge in [-0.15, -0.1) is 6.42 Å². The molecule has 1 N–H and O–H groups in total. The zero-order valence-electron chi connectivity index (χ0n) is 15.5. The molecular formula is C23H26N2O. The van der Waals surface area contributed by atoms with Crippen LogP contribution in [-0.4, -0.2) is 18.5 Å². The van der Waals surface area contributed by atoms with E-state index >= 15 is 0 Å². The Balaban J connectivity index is 1.86. The average molecular weight is 346 g/mol. The summed E-state index contributed by atoms with van der Waals surface area (Å²) < 4.78 is 5.90. The summed E-state index contributed by atoms with van der Waals surface area (Å²) in [5.41, 5.74) is 2.07. The van der Waals surface area contributed by atoms with Crippen molar-refractivity contribution in [2.24, 2.45) is 4.99 Å². The number of benzene rings is 2. The largest absolute Gasteiger partial charge is 0.360 e. The van der Waals surface area contributed by atoms with Gasteiger partial charge in [0, 0.05) is 0 Å². The van der Waals surface area contributed by atoms with Crippen LogP contribution in [0, 0.1) is 12.3 Å². The van der Waals surface area contributed by atoms with Crippen LogP contribution in [0.15, 0.2) is 65.7 Å². The van der Waals surface area contributed by atoms with Crippen LogP contribution < -0.4 is 5.32 Å². The third kappa shape index (κ3) is 3.81. The lowest BCUT2D eigenvalue weighted by atomic mass is 9.82. The fraction of sp³-hybridized carbons (Fsp3) is 0.348. The molecule has 3 rings (SSSR count). The number of rotatable bonds is 7. The standard InChI is InChI=1S/C23H26N2O/c1-4-12-20(5-2)26-17-21-24-22(18-13-8-6-9-14-18)23(3,25-21)19-15-10-7-11-16-19/h2,6-11,13-16,20,22H,4,12,17H2,1,3H3,(H,24,25). The van der Waals surface area contributed by atoms with Gasteiger partial charge in [0.25, 0.3) is 0 Å². The molecule has 3 nitrogen and oxygen atoms in total. The zero-order chi connectivity index (χ0) is 18.4. The van der Waals surface area contributed by atoms with Crippen molar-refractivity contribution in [2.75, 3.05) is 6.61 Å². The molecular weight excluding hydrogens is 320 g/mol. The molecule has 0 saturated heterocycles. The van der Waals surface area contributed by atoms with Crippen molar-refractivity contribution in [3.63, 3.8) is 0 Å². The van der Waals surface area contributed by atoms with E-state index in [9.17, 15) is 0 Å². The summed E-state index contributed by atoms with van der Waals surface area (Å²) in [5, 5.41) is 3.61. The molecule has 0 amide bonds. The minimum atomic E-state index is -0.322. The normalized spacial score (nSPS) is 23.0. The predicted octanol–water partition coefficient (Wildman–Crippen LogP) is 4.46. The summed E-state index contributed by atoms with van der Waals surface area (Å²) in [6.07, 6.45) is 7.27.